The lowest BCUT2D eigenvalue weighted by Gasteiger charge is -2.37. The number of aromatic nitrogens is 2. The molecular formula is C15H24N4O. The highest BCUT2D eigenvalue weighted by atomic mass is 16.5. The van der Waals surface area contributed by atoms with Gasteiger partial charge in [0.1, 0.15) is 12.1 Å². The van der Waals surface area contributed by atoms with Gasteiger partial charge in [0.25, 0.3) is 0 Å². The van der Waals surface area contributed by atoms with Gasteiger partial charge < -0.3 is 9.64 Å². The van der Waals surface area contributed by atoms with Crippen LogP contribution in [0.4, 0.5) is 5.82 Å². The van der Waals surface area contributed by atoms with Gasteiger partial charge in [-0.25, -0.2) is 9.97 Å². The largest absolute Gasteiger partial charge is 0.381 e. The molecule has 0 unspecified atom stereocenters. The van der Waals surface area contributed by atoms with Crippen LogP contribution in [0.25, 0.3) is 0 Å². The van der Waals surface area contributed by atoms with Crippen LogP contribution in [-0.4, -0.2) is 60.8 Å². The van der Waals surface area contributed by atoms with Crippen molar-refractivity contribution in [2.45, 2.75) is 20.3 Å². The van der Waals surface area contributed by atoms with Crippen molar-refractivity contribution in [3.63, 3.8) is 0 Å². The zero-order valence-electron chi connectivity index (χ0n) is 12.5. The third kappa shape index (κ3) is 2.94. The van der Waals surface area contributed by atoms with Crippen molar-refractivity contribution < 1.29 is 4.74 Å². The Balaban J connectivity index is 1.56. The summed E-state index contributed by atoms with van der Waals surface area (Å²) in [5.74, 6) is 1.85. The van der Waals surface area contributed by atoms with E-state index in [1.54, 1.807) is 6.33 Å². The molecule has 3 heterocycles. The maximum Gasteiger partial charge on any atom is 0.135 e. The molecule has 0 spiro atoms. The topological polar surface area (TPSA) is 41.5 Å². The van der Waals surface area contributed by atoms with Gasteiger partial charge >= 0.3 is 0 Å². The SMILES string of the molecule is Cc1ncnc(N2CCN(C[C@H]3CCOC3)CC2)c1C. The van der Waals surface area contributed by atoms with E-state index < -0.39 is 0 Å². The second kappa shape index (κ2) is 6.06. The molecule has 0 aromatic carbocycles. The van der Waals surface area contributed by atoms with E-state index in [0.717, 1.165) is 56.8 Å². The Hall–Kier alpha value is -1.20. The van der Waals surface area contributed by atoms with Gasteiger partial charge in [-0.2, -0.15) is 0 Å². The Morgan fingerprint density at radius 2 is 2.00 bits per heavy atom. The van der Waals surface area contributed by atoms with E-state index in [9.17, 15) is 0 Å². The smallest absolute Gasteiger partial charge is 0.135 e. The standard InChI is InChI=1S/C15H24N4O/c1-12-13(2)16-11-17-15(12)19-6-4-18(5-7-19)9-14-3-8-20-10-14/h11,14H,3-10H2,1-2H3/t14-/m1/s1. The number of nitrogens with zero attached hydrogens (tertiary/aromatic N) is 4. The monoisotopic (exact) mass is 276 g/mol. The Morgan fingerprint density at radius 1 is 1.20 bits per heavy atom. The highest BCUT2D eigenvalue weighted by Gasteiger charge is 2.24. The van der Waals surface area contributed by atoms with Gasteiger partial charge in [0.2, 0.25) is 0 Å². The number of hydrogen-bond donors (Lipinski definition) is 0. The van der Waals surface area contributed by atoms with Gasteiger partial charge in [-0.1, -0.05) is 0 Å². The van der Waals surface area contributed by atoms with Crippen molar-refractivity contribution in [1.29, 1.82) is 0 Å². The molecule has 5 heteroatoms. The van der Waals surface area contributed by atoms with Gasteiger partial charge in [-0.3, -0.25) is 4.90 Å². The molecule has 20 heavy (non-hydrogen) atoms. The van der Waals surface area contributed by atoms with Crippen molar-refractivity contribution in [3.8, 4) is 0 Å². The average Bonchev–Trinajstić information content (AvgIpc) is 2.96. The molecule has 1 aromatic heterocycles. The lowest BCUT2D eigenvalue weighted by atomic mass is 10.1. The number of aryl methyl sites for hydroxylation is 1. The minimum absolute atomic E-state index is 0.740. The number of piperazine rings is 1. The van der Waals surface area contributed by atoms with Crippen LogP contribution in [0.5, 0.6) is 0 Å². The van der Waals surface area contributed by atoms with Gasteiger partial charge in [-0.05, 0) is 26.2 Å². The van der Waals surface area contributed by atoms with Crippen molar-refractivity contribution in [3.05, 3.63) is 17.6 Å². The number of ether oxygens (including phenoxy) is 1. The molecule has 0 bridgehead atoms. The van der Waals surface area contributed by atoms with Crippen molar-refractivity contribution in [2.75, 3.05) is 50.8 Å². The zero-order valence-corrected chi connectivity index (χ0v) is 12.5. The van der Waals surface area contributed by atoms with E-state index in [0.29, 0.717) is 0 Å². The van der Waals surface area contributed by atoms with Crippen LogP contribution < -0.4 is 4.90 Å². The van der Waals surface area contributed by atoms with Crippen LogP contribution in [0.1, 0.15) is 17.7 Å². The normalized spacial score (nSPS) is 24.3. The Bertz CT molecular complexity index is 451. The van der Waals surface area contributed by atoms with E-state index in [4.69, 9.17) is 4.74 Å². The first-order valence-corrected chi connectivity index (χ1v) is 7.57. The first kappa shape index (κ1) is 13.8. The van der Waals surface area contributed by atoms with Crippen molar-refractivity contribution >= 4 is 5.82 Å². The fourth-order valence-electron chi connectivity index (χ4n) is 3.08. The number of anilines is 1. The summed E-state index contributed by atoms with van der Waals surface area (Å²) in [6.45, 7) is 11.6. The molecule has 2 aliphatic heterocycles. The van der Waals surface area contributed by atoms with Gasteiger partial charge in [-0.15, -0.1) is 0 Å². The lowest BCUT2D eigenvalue weighted by molar-refractivity contribution is 0.164. The van der Waals surface area contributed by atoms with E-state index in [2.05, 4.69) is 33.6 Å². The van der Waals surface area contributed by atoms with Gasteiger partial charge in [0.15, 0.2) is 0 Å². The fourth-order valence-corrected chi connectivity index (χ4v) is 3.08. The summed E-state index contributed by atoms with van der Waals surface area (Å²) < 4.78 is 5.46. The summed E-state index contributed by atoms with van der Waals surface area (Å²) in [5.41, 5.74) is 2.30. The van der Waals surface area contributed by atoms with E-state index in [-0.39, 0.29) is 0 Å². The van der Waals surface area contributed by atoms with Crippen molar-refractivity contribution in [2.24, 2.45) is 5.92 Å². The fraction of sp³-hybridized carbons (Fsp3) is 0.733. The van der Waals surface area contributed by atoms with Crippen LogP contribution in [0, 0.1) is 19.8 Å². The number of rotatable bonds is 3. The molecule has 0 radical (unpaired) electrons. The lowest BCUT2D eigenvalue weighted by Crippen LogP contribution is -2.48. The maximum absolute atomic E-state index is 5.46. The van der Waals surface area contributed by atoms with Gasteiger partial charge in [0.05, 0.1) is 6.61 Å². The van der Waals surface area contributed by atoms with Crippen LogP contribution in [0.2, 0.25) is 0 Å². The molecular weight excluding hydrogens is 252 g/mol. The summed E-state index contributed by atoms with van der Waals surface area (Å²) in [6.07, 6.45) is 2.91. The van der Waals surface area contributed by atoms with Gasteiger partial charge in [0, 0.05) is 50.6 Å². The first-order chi connectivity index (χ1) is 9.74. The molecule has 1 atom stereocenters. The second-order valence-corrected chi connectivity index (χ2v) is 5.92. The third-order valence-corrected chi connectivity index (χ3v) is 4.52. The predicted molar refractivity (Wildman–Crippen MR) is 79.1 cm³/mol. The molecule has 0 saturated carbocycles. The predicted octanol–water partition coefficient (Wildman–Crippen LogP) is 1.25. The summed E-state index contributed by atoms with van der Waals surface area (Å²) in [5, 5.41) is 0. The maximum atomic E-state index is 5.46. The third-order valence-electron chi connectivity index (χ3n) is 4.52. The zero-order chi connectivity index (χ0) is 13.9. The summed E-state index contributed by atoms with van der Waals surface area (Å²) in [7, 11) is 0. The van der Waals surface area contributed by atoms with Crippen LogP contribution in [-0.2, 0) is 4.74 Å². The highest BCUT2D eigenvalue weighted by molar-refractivity contribution is 5.47. The number of hydrogen-bond acceptors (Lipinski definition) is 5. The molecule has 110 valence electrons. The van der Waals surface area contributed by atoms with Crippen molar-refractivity contribution in [1.82, 2.24) is 14.9 Å². The Kier molecular flexibility index (Phi) is 4.17. The molecule has 3 rings (SSSR count). The molecule has 2 saturated heterocycles. The highest BCUT2D eigenvalue weighted by Crippen LogP contribution is 2.21. The van der Waals surface area contributed by atoms with Crippen LogP contribution in [0.15, 0.2) is 6.33 Å². The molecule has 2 fully saturated rings. The molecule has 0 N–H and O–H groups in total. The first-order valence-electron chi connectivity index (χ1n) is 7.57. The van der Waals surface area contributed by atoms with E-state index in [1.165, 1.54) is 18.5 Å². The summed E-state index contributed by atoms with van der Waals surface area (Å²) in [6, 6.07) is 0. The Labute approximate surface area is 121 Å². The van der Waals surface area contributed by atoms with E-state index >= 15 is 0 Å². The van der Waals surface area contributed by atoms with Crippen LogP contribution in [0.3, 0.4) is 0 Å². The minimum atomic E-state index is 0.740. The minimum Gasteiger partial charge on any atom is -0.381 e. The molecule has 0 aliphatic carbocycles. The quantitative estimate of drug-likeness (QED) is 0.831. The summed E-state index contributed by atoms with van der Waals surface area (Å²) >= 11 is 0. The molecule has 5 nitrogen and oxygen atoms in total. The van der Waals surface area contributed by atoms with Crippen LogP contribution >= 0.6 is 0 Å². The average molecular weight is 276 g/mol. The van der Waals surface area contributed by atoms with E-state index in [1.807, 2.05) is 0 Å². The summed E-state index contributed by atoms with van der Waals surface area (Å²) in [4.78, 5) is 13.7. The molecule has 1 aromatic rings. The Morgan fingerprint density at radius 3 is 2.70 bits per heavy atom. The molecule has 2 aliphatic rings. The second-order valence-electron chi connectivity index (χ2n) is 5.92. The molecule has 0 amide bonds.